The van der Waals surface area contributed by atoms with Gasteiger partial charge in [0, 0.05) is 6.54 Å². The van der Waals surface area contributed by atoms with Crippen LogP contribution in [-0.4, -0.2) is 50.4 Å². The van der Waals surface area contributed by atoms with Gasteiger partial charge in [0.15, 0.2) is 0 Å². The van der Waals surface area contributed by atoms with E-state index in [0.717, 1.165) is 11.3 Å². The third kappa shape index (κ3) is 4.00. The average Bonchev–Trinajstić information content (AvgIpc) is 2.48. The van der Waals surface area contributed by atoms with E-state index in [-0.39, 0.29) is 11.9 Å². The molecular formula is C16H25NO4S. The molecule has 0 radical (unpaired) electrons. The normalized spacial score (nSPS) is 22.5. The number of nitrogens with zero attached hydrogens (tertiary/aromatic N) is 1. The quantitative estimate of drug-likeness (QED) is 0.831. The summed E-state index contributed by atoms with van der Waals surface area (Å²) in [4.78, 5) is 0. The fourth-order valence-electron chi connectivity index (χ4n) is 2.63. The molecule has 1 aromatic rings. The molecule has 1 saturated heterocycles. The highest BCUT2D eigenvalue weighted by Crippen LogP contribution is 2.26. The highest BCUT2D eigenvalue weighted by Gasteiger charge is 2.40. The van der Waals surface area contributed by atoms with Crippen molar-refractivity contribution in [2.45, 2.75) is 38.8 Å². The van der Waals surface area contributed by atoms with Crippen molar-refractivity contribution in [2.75, 3.05) is 26.0 Å². The van der Waals surface area contributed by atoms with E-state index >= 15 is 0 Å². The Morgan fingerprint density at radius 2 is 2.14 bits per heavy atom. The van der Waals surface area contributed by atoms with Crippen LogP contribution >= 0.6 is 0 Å². The number of hydrogen-bond donors (Lipinski definition) is 0. The van der Waals surface area contributed by atoms with Gasteiger partial charge in [0.25, 0.3) is 0 Å². The summed E-state index contributed by atoms with van der Waals surface area (Å²) in [5.41, 5.74) is 0.460. The van der Waals surface area contributed by atoms with Crippen LogP contribution in [0.3, 0.4) is 0 Å². The summed E-state index contributed by atoms with van der Waals surface area (Å²) in [5, 5.41) is 0. The van der Waals surface area contributed by atoms with Crippen LogP contribution in [0.25, 0.3) is 0 Å². The molecule has 6 heteroatoms. The molecule has 0 bridgehead atoms. The average molecular weight is 327 g/mol. The van der Waals surface area contributed by atoms with Gasteiger partial charge in [-0.3, -0.25) is 0 Å². The van der Waals surface area contributed by atoms with Gasteiger partial charge in [-0.05, 0) is 44.9 Å². The van der Waals surface area contributed by atoms with E-state index in [1.807, 2.05) is 45.0 Å². The second-order valence-electron chi connectivity index (χ2n) is 6.38. The molecule has 0 aromatic heterocycles. The molecule has 1 heterocycles. The van der Waals surface area contributed by atoms with Crippen LogP contribution in [0.4, 0.5) is 0 Å². The van der Waals surface area contributed by atoms with Crippen molar-refractivity contribution in [3.8, 4) is 5.75 Å². The van der Waals surface area contributed by atoms with Gasteiger partial charge in [-0.1, -0.05) is 12.1 Å². The van der Waals surface area contributed by atoms with Crippen molar-refractivity contribution < 1.29 is 17.9 Å². The largest absolute Gasteiger partial charge is 0.497 e. The Balaban J connectivity index is 2.09. The van der Waals surface area contributed by atoms with Crippen molar-refractivity contribution in [3.05, 3.63) is 29.8 Å². The Bertz CT molecular complexity index is 612. The third-order valence-electron chi connectivity index (χ3n) is 3.94. The number of morpholine rings is 1. The molecule has 5 nitrogen and oxygen atoms in total. The van der Waals surface area contributed by atoms with E-state index in [0.29, 0.717) is 19.6 Å². The Kier molecular flexibility index (Phi) is 5.14. The number of sulfonamides is 1. The second kappa shape index (κ2) is 6.56. The van der Waals surface area contributed by atoms with E-state index in [9.17, 15) is 8.42 Å². The van der Waals surface area contributed by atoms with Gasteiger partial charge < -0.3 is 9.47 Å². The highest BCUT2D eigenvalue weighted by molar-refractivity contribution is 7.89. The summed E-state index contributed by atoms with van der Waals surface area (Å²) in [6.45, 7) is 6.55. The van der Waals surface area contributed by atoms with Crippen molar-refractivity contribution in [2.24, 2.45) is 0 Å². The zero-order valence-corrected chi connectivity index (χ0v) is 14.5. The molecule has 1 fully saturated rings. The lowest BCUT2D eigenvalue weighted by atomic mass is 10.1. The highest BCUT2D eigenvalue weighted by atomic mass is 32.2. The first-order valence-corrected chi connectivity index (χ1v) is 9.10. The molecule has 22 heavy (non-hydrogen) atoms. The molecule has 2 rings (SSSR count). The predicted molar refractivity (Wildman–Crippen MR) is 86.7 cm³/mol. The smallest absolute Gasteiger partial charge is 0.215 e. The molecule has 1 unspecified atom stereocenters. The maximum absolute atomic E-state index is 12.7. The van der Waals surface area contributed by atoms with Crippen LogP contribution in [-0.2, 0) is 21.2 Å². The summed E-state index contributed by atoms with van der Waals surface area (Å²) in [6.07, 6.45) is 0.404. The van der Waals surface area contributed by atoms with E-state index in [2.05, 4.69) is 0 Å². The van der Waals surface area contributed by atoms with Gasteiger partial charge >= 0.3 is 0 Å². The molecule has 1 aromatic carbocycles. The minimum atomic E-state index is -3.33. The number of methoxy groups -OCH3 is 1. The third-order valence-corrected chi connectivity index (χ3v) is 5.97. The summed E-state index contributed by atoms with van der Waals surface area (Å²) >= 11 is 0. The van der Waals surface area contributed by atoms with Crippen LogP contribution in [0.5, 0.6) is 5.75 Å². The van der Waals surface area contributed by atoms with Crippen LogP contribution in [0, 0.1) is 0 Å². The number of ether oxygens (including phenoxy) is 2. The SMILES string of the molecule is COc1cccc(CCS(=O)(=O)N2CC(C)OCC2(C)C)c1. The monoisotopic (exact) mass is 327 g/mol. The first-order valence-electron chi connectivity index (χ1n) is 7.50. The maximum Gasteiger partial charge on any atom is 0.215 e. The molecule has 0 saturated carbocycles. The van der Waals surface area contributed by atoms with E-state index in [1.165, 1.54) is 0 Å². The van der Waals surface area contributed by atoms with E-state index < -0.39 is 15.6 Å². The molecule has 0 N–H and O–H groups in total. The summed E-state index contributed by atoms with van der Waals surface area (Å²) in [6, 6.07) is 7.53. The second-order valence-corrected chi connectivity index (χ2v) is 8.40. The number of rotatable bonds is 5. The van der Waals surface area contributed by atoms with Crippen LogP contribution in [0.15, 0.2) is 24.3 Å². The molecule has 124 valence electrons. The molecule has 0 spiro atoms. The lowest BCUT2D eigenvalue weighted by Crippen LogP contribution is -2.58. The first-order chi connectivity index (χ1) is 10.2. The zero-order chi connectivity index (χ0) is 16.4. The van der Waals surface area contributed by atoms with Crippen LogP contribution < -0.4 is 4.74 Å². The predicted octanol–water partition coefficient (Wildman–Crippen LogP) is 2.07. The van der Waals surface area contributed by atoms with Crippen molar-refractivity contribution in [3.63, 3.8) is 0 Å². The maximum atomic E-state index is 12.7. The van der Waals surface area contributed by atoms with Crippen molar-refractivity contribution >= 4 is 10.0 Å². The Hall–Kier alpha value is -1.11. The van der Waals surface area contributed by atoms with Gasteiger partial charge in [0.1, 0.15) is 5.75 Å². The fourth-order valence-corrected chi connectivity index (χ4v) is 4.58. The van der Waals surface area contributed by atoms with Gasteiger partial charge in [0.2, 0.25) is 10.0 Å². The van der Waals surface area contributed by atoms with Gasteiger partial charge in [0.05, 0.1) is 31.1 Å². The lowest BCUT2D eigenvalue weighted by molar-refractivity contribution is -0.0550. The van der Waals surface area contributed by atoms with Crippen molar-refractivity contribution in [1.82, 2.24) is 4.31 Å². The molecule has 1 atom stereocenters. The van der Waals surface area contributed by atoms with Crippen LogP contribution in [0.1, 0.15) is 26.3 Å². The van der Waals surface area contributed by atoms with Crippen LogP contribution in [0.2, 0.25) is 0 Å². The number of benzene rings is 1. The van der Waals surface area contributed by atoms with E-state index in [1.54, 1.807) is 11.4 Å². The van der Waals surface area contributed by atoms with E-state index in [4.69, 9.17) is 9.47 Å². The molecule has 0 amide bonds. The molecular weight excluding hydrogens is 302 g/mol. The number of hydrogen-bond acceptors (Lipinski definition) is 4. The minimum absolute atomic E-state index is 0.0698. The standard InChI is InChI=1S/C16H25NO4S/c1-13-11-17(16(2,3)12-21-13)22(18,19)9-8-14-6-5-7-15(10-14)20-4/h5-7,10,13H,8-9,11-12H2,1-4H3. The topological polar surface area (TPSA) is 55.8 Å². The Morgan fingerprint density at radius 3 is 2.82 bits per heavy atom. The molecule has 1 aliphatic heterocycles. The Morgan fingerprint density at radius 1 is 1.41 bits per heavy atom. The fraction of sp³-hybridized carbons (Fsp3) is 0.625. The summed E-state index contributed by atoms with van der Waals surface area (Å²) in [7, 11) is -1.72. The van der Waals surface area contributed by atoms with Crippen molar-refractivity contribution in [1.29, 1.82) is 0 Å². The summed E-state index contributed by atoms with van der Waals surface area (Å²) < 4.78 is 37.8. The lowest BCUT2D eigenvalue weighted by Gasteiger charge is -2.43. The zero-order valence-electron chi connectivity index (χ0n) is 13.7. The van der Waals surface area contributed by atoms with Gasteiger partial charge in [-0.15, -0.1) is 0 Å². The molecule has 0 aliphatic carbocycles. The Labute approximate surface area is 133 Å². The summed E-state index contributed by atoms with van der Waals surface area (Å²) in [5.74, 6) is 0.839. The van der Waals surface area contributed by atoms with Gasteiger partial charge in [-0.25, -0.2) is 8.42 Å². The first kappa shape index (κ1) is 17.2. The minimum Gasteiger partial charge on any atom is -0.497 e. The van der Waals surface area contributed by atoms with Gasteiger partial charge in [-0.2, -0.15) is 4.31 Å². The number of aryl methyl sites for hydroxylation is 1. The molecule has 1 aliphatic rings.